The zero-order valence-electron chi connectivity index (χ0n) is 19.1. The summed E-state index contributed by atoms with van der Waals surface area (Å²) in [4.78, 5) is 24.1. The Morgan fingerprint density at radius 3 is 2.28 bits per heavy atom. The molecule has 0 saturated heterocycles. The average molecular weight is 488 g/mol. The third-order valence-electron chi connectivity index (χ3n) is 4.81. The normalized spacial score (nSPS) is 12.2. The van der Waals surface area contributed by atoms with Crippen molar-refractivity contribution in [1.82, 2.24) is 0 Å². The van der Waals surface area contributed by atoms with Crippen LogP contribution in [-0.4, -0.2) is 41.6 Å². The number of rotatable bonds is 11. The molecular weight excluding hydrogens is 464 g/mol. The highest BCUT2D eigenvalue weighted by Crippen LogP contribution is 2.29. The molecule has 9 heteroatoms. The lowest BCUT2D eigenvalue weighted by Crippen LogP contribution is -2.29. The molecule has 1 amide bonds. The largest absolute Gasteiger partial charge is 0.491 e. The molecule has 184 valence electrons. The number of carboxylic acids is 1. The fraction of sp³-hybridized carbons (Fsp3) is 0.148. The van der Waals surface area contributed by atoms with Crippen LogP contribution < -0.4 is 14.8 Å². The maximum Gasteiger partial charge on any atom is 0.412 e. The first-order valence-electron chi connectivity index (χ1n) is 10.9. The van der Waals surface area contributed by atoms with E-state index in [2.05, 4.69) is 5.32 Å². The minimum atomic E-state index is -1.19. The summed E-state index contributed by atoms with van der Waals surface area (Å²) in [6.45, 7) is -0.0245. The molecule has 0 spiro atoms. The molecule has 0 fully saturated rings. The van der Waals surface area contributed by atoms with E-state index < -0.39 is 24.3 Å². The number of carboxylic acid groups (broad SMARTS) is 1. The number of amides is 1. The van der Waals surface area contributed by atoms with Crippen LogP contribution >= 0.6 is 0 Å². The van der Waals surface area contributed by atoms with E-state index in [9.17, 15) is 14.7 Å². The predicted octanol–water partition coefficient (Wildman–Crippen LogP) is 4.31. The summed E-state index contributed by atoms with van der Waals surface area (Å²) in [6, 6.07) is 23.5. The van der Waals surface area contributed by atoms with E-state index in [1.807, 2.05) is 6.07 Å². The molecule has 3 N–H and O–H groups in total. The second kappa shape index (κ2) is 13.2. The summed E-state index contributed by atoms with van der Waals surface area (Å²) in [5, 5.41) is 29.7. The van der Waals surface area contributed by atoms with Gasteiger partial charge in [0.1, 0.15) is 18.1 Å². The van der Waals surface area contributed by atoms with Gasteiger partial charge in [-0.15, -0.1) is 0 Å². The summed E-state index contributed by atoms with van der Waals surface area (Å²) in [6.07, 6.45) is -0.645. The summed E-state index contributed by atoms with van der Waals surface area (Å²) >= 11 is 0. The number of nitrogens with zero attached hydrogens (tertiary/aromatic N) is 1. The van der Waals surface area contributed by atoms with Gasteiger partial charge in [0.25, 0.3) is 0 Å². The topological polar surface area (TPSA) is 138 Å². The second-order valence-corrected chi connectivity index (χ2v) is 7.37. The highest BCUT2D eigenvalue weighted by Gasteiger charge is 2.28. The fourth-order valence-electron chi connectivity index (χ4n) is 3.17. The number of carbonyl (C=O) groups excluding carboxylic acids is 1. The Labute approximate surface area is 207 Å². The number of carbonyl (C=O) groups is 2. The zero-order valence-corrected chi connectivity index (χ0v) is 19.1. The Kier molecular flexibility index (Phi) is 9.44. The molecule has 36 heavy (non-hydrogen) atoms. The number of hydrogen-bond acceptors (Lipinski definition) is 7. The van der Waals surface area contributed by atoms with Crippen LogP contribution in [0.1, 0.15) is 17.2 Å². The number of aliphatic hydroxyl groups is 1. The molecule has 0 unspecified atom stereocenters. The molecular formula is C27H24N2O7. The van der Waals surface area contributed by atoms with Gasteiger partial charge in [0.05, 0.1) is 18.2 Å². The lowest BCUT2D eigenvalue weighted by Gasteiger charge is -2.26. The minimum Gasteiger partial charge on any atom is -0.491 e. The highest BCUT2D eigenvalue weighted by atomic mass is 16.6. The number of ether oxygens (including phenoxy) is 3. The van der Waals surface area contributed by atoms with Crippen LogP contribution in [0.3, 0.4) is 0 Å². The van der Waals surface area contributed by atoms with Crippen molar-refractivity contribution in [3.63, 3.8) is 0 Å². The Hall–Kier alpha value is -4.81. The first-order valence-corrected chi connectivity index (χ1v) is 10.9. The molecule has 9 nitrogen and oxygen atoms in total. The van der Waals surface area contributed by atoms with Gasteiger partial charge in [-0.1, -0.05) is 30.3 Å². The summed E-state index contributed by atoms with van der Waals surface area (Å²) < 4.78 is 17.1. The molecule has 3 aromatic carbocycles. The molecule has 0 aromatic heterocycles. The van der Waals surface area contributed by atoms with Crippen molar-refractivity contribution < 1.29 is 34.0 Å². The van der Waals surface area contributed by atoms with Crippen LogP contribution in [0.5, 0.6) is 11.5 Å². The second-order valence-electron chi connectivity index (χ2n) is 7.37. The van der Waals surface area contributed by atoms with Crippen LogP contribution in [0.2, 0.25) is 0 Å². The minimum absolute atomic E-state index is 0.118. The van der Waals surface area contributed by atoms with Gasteiger partial charge in [0, 0.05) is 11.8 Å². The number of aliphatic carboxylic acids is 1. The Balaban J connectivity index is 1.90. The van der Waals surface area contributed by atoms with Crippen molar-refractivity contribution in [3.05, 3.63) is 102 Å². The van der Waals surface area contributed by atoms with Crippen LogP contribution in [-0.2, 0) is 9.53 Å². The SMILES string of the molecule is N#Cc1ccc(NC(=O)O[C@@H](c2ccc(OCCO)cc2)[C@H](/C=C/C(=O)O)Oc2ccccc2)cc1. The van der Waals surface area contributed by atoms with E-state index in [0.29, 0.717) is 28.3 Å². The van der Waals surface area contributed by atoms with E-state index in [1.54, 1.807) is 78.9 Å². The third-order valence-corrected chi connectivity index (χ3v) is 4.81. The highest BCUT2D eigenvalue weighted by molar-refractivity contribution is 5.85. The van der Waals surface area contributed by atoms with Gasteiger partial charge in [-0.25, -0.2) is 9.59 Å². The van der Waals surface area contributed by atoms with Crippen molar-refractivity contribution in [1.29, 1.82) is 5.26 Å². The van der Waals surface area contributed by atoms with Crippen molar-refractivity contribution in [2.75, 3.05) is 18.5 Å². The van der Waals surface area contributed by atoms with Crippen molar-refractivity contribution in [2.24, 2.45) is 0 Å². The smallest absolute Gasteiger partial charge is 0.412 e. The Morgan fingerprint density at radius 2 is 1.67 bits per heavy atom. The molecule has 3 aromatic rings. The lowest BCUT2D eigenvalue weighted by molar-refractivity contribution is -0.131. The summed E-state index contributed by atoms with van der Waals surface area (Å²) in [7, 11) is 0. The van der Waals surface area contributed by atoms with Crippen LogP contribution in [0.4, 0.5) is 10.5 Å². The van der Waals surface area contributed by atoms with E-state index in [0.717, 1.165) is 6.08 Å². The zero-order chi connectivity index (χ0) is 25.8. The number of hydrogen-bond donors (Lipinski definition) is 3. The van der Waals surface area contributed by atoms with Gasteiger partial charge in [0.2, 0.25) is 0 Å². The average Bonchev–Trinajstić information content (AvgIpc) is 2.90. The van der Waals surface area contributed by atoms with Gasteiger partial charge < -0.3 is 24.4 Å². The molecule has 0 saturated carbocycles. The van der Waals surface area contributed by atoms with Crippen LogP contribution in [0, 0.1) is 11.3 Å². The number of nitriles is 1. The molecule has 0 bridgehead atoms. The van der Waals surface area contributed by atoms with E-state index in [4.69, 9.17) is 24.6 Å². The Morgan fingerprint density at radius 1 is 0.972 bits per heavy atom. The standard InChI is InChI=1S/C27H24N2O7/c28-18-19-6-10-21(11-7-19)29-27(33)36-26(20-8-12-22(13-9-20)34-17-16-30)24(14-15-25(31)32)35-23-4-2-1-3-5-23/h1-15,24,26,30H,16-17H2,(H,29,33)(H,31,32)/b15-14+/t24-,26-/m0/s1. The quantitative estimate of drug-likeness (QED) is 0.340. The van der Waals surface area contributed by atoms with Crippen molar-refractivity contribution >= 4 is 17.7 Å². The number of para-hydroxylation sites is 1. The number of aliphatic hydroxyl groups excluding tert-OH is 1. The maximum absolute atomic E-state index is 12.8. The van der Waals surface area contributed by atoms with Gasteiger partial charge in [-0.2, -0.15) is 5.26 Å². The molecule has 0 heterocycles. The fourth-order valence-corrected chi connectivity index (χ4v) is 3.17. The van der Waals surface area contributed by atoms with E-state index >= 15 is 0 Å². The Bertz CT molecular complexity index is 1200. The lowest BCUT2D eigenvalue weighted by atomic mass is 10.0. The molecule has 0 aliphatic rings. The first-order chi connectivity index (χ1) is 17.5. The van der Waals surface area contributed by atoms with E-state index in [1.165, 1.54) is 6.08 Å². The molecule has 0 aliphatic heterocycles. The molecule has 3 rings (SSSR count). The molecule has 0 radical (unpaired) electrons. The third kappa shape index (κ3) is 7.90. The van der Waals surface area contributed by atoms with Crippen LogP contribution in [0.15, 0.2) is 91.0 Å². The van der Waals surface area contributed by atoms with Crippen LogP contribution in [0.25, 0.3) is 0 Å². The molecule has 0 aliphatic carbocycles. The monoisotopic (exact) mass is 488 g/mol. The van der Waals surface area contributed by atoms with Gasteiger partial charge in [-0.05, 0) is 60.2 Å². The number of anilines is 1. The molecule has 2 atom stereocenters. The van der Waals surface area contributed by atoms with Crippen molar-refractivity contribution in [3.8, 4) is 17.6 Å². The summed E-state index contributed by atoms with van der Waals surface area (Å²) in [5.74, 6) is -0.248. The van der Waals surface area contributed by atoms with Gasteiger partial charge in [0.15, 0.2) is 12.2 Å². The van der Waals surface area contributed by atoms with Crippen molar-refractivity contribution in [2.45, 2.75) is 12.2 Å². The summed E-state index contributed by atoms with van der Waals surface area (Å²) in [5.41, 5.74) is 1.36. The number of benzene rings is 3. The first kappa shape index (κ1) is 25.8. The van der Waals surface area contributed by atoms with Gasteiger partial charge >= 0.3 is 12.1 Å². The van der Waals surface area contributed by atoms with E-state index in [-0.39, 0.29) is 13.2 Å². The predicted molar refractivity (Wildman–Crippen MR) is 131 cm³/mol. The number of nitrogens with one attached hydrogen (secondary N) is 1. The van der Waals surface area contributed by atoms with Gasteiger partial charge in [-0.3, -0.25) is 5.32 Å². The maximum atomic E-state index is 12.8.